The van der Waals surface area contributed by atoms with Gasteiger partial charge < -0.3 is 20.1 Å². The molecule has 7 heteroatoms. The second-order valence-corrected chi connectivity index (χ2v) is 7.67. The molecular formula is C17H28N2O5. The smallest absolute Gasteiger partial charge is 0.408 e. The first-order valence-electron chi connectivity index (χ1n) is 8.73. The van der Waals surface area contributed by atoms with Crippen LogP contribution in [0.1, 0.15) is 65.7 Å². The summed E-state index contributed by atoms with van der Waals surface area (Å²) in [6, 6.07) is -1.56. The second kappa shape index (κ2) is 7.40. The van der Waals surface area contributed by atoms with Gasteiger partial charge in [0, 0.05) is 6.04 Å². The van der Waals surface area contributed by atoms with Crippen LogP contribution < -0.4 is 5.32 Å². The molecule has 2 fully saturated rings. The standard InChI is InChI=1S/C17H28N2O5/c1-17(2,3)24-16(23)18-12-9-5-4-7-11-8-6-10-13(15(21)22)19(11)14(12)20/h11-13H,4-10H2,1-3H3,(H,18,23)(H,21,22)/t11-,12-,13-/m0/s1. The predicted molar refractivity (Wildman–Crippen MR) is 87.5 cm³/mol. The molecule has 2 heterocycles. The Morgan fingerprint density at radius 3 is 2.38 bits per heavy atom. The molecule has 2 N–H and O–H groups in total. The van der Waals surface area contributed by atoms with Crippen LogP contribution in [0.5, 0.6) is 0 Å². The molecule has 3 atom stereocenters. The first-order chi connectivity index (χ1) is 11.2. The lowest BCUT2D eigenvalue weighted by Gasteiger charge is -2.43. The maximum Gasteiger partial charge on any atom is 0.408 e. The maximum absolute atomic E-state index is 12.9. The molecule has 0 spiro atoms. The molecule has 7 nitrogen and oxygen atoms in total. The molecule has 2 aliphatic rings. The Hall–Kier alpha value is -1.79. The van der Waals surface area contributed by atoms with E-state index < -0.39 is 29.7 Å². The number of amides is 2. The summed E-state index contributed by atoms with van der Waals surface area (Å²) >= 11 is 0. The minimum Gasteiger partial charge on any atom is -0.480 e. The predicted octanol–water partition coefficient (Wildman–Crippen LogP) is 2.29. The van der Waals surface area contributed by atoms with Crippen molar-refractivity contribution in [3.8, 4) is 0 Å². The second-order valence-electron chi connectivity index (χ2n) is 7.67. The fourth-order valence-electron chi connectivity index (χ4n) is 3.55. The molecule has 0 radical (unpaired) electrons. The van der Waals surface area contributed by atoms with E-state index in [1.54, 1.807) is 20.8 Å². The van der Waals surface area contributed by atoms with Crippen molar-refractivity contribution in [1.82, 2.24) is 10.2 Å². The highest BCUT2D eigenvalue weighted by atomic mass is 16.6. The zero-order chi connectivity index (χ0) is 17.9. The van der Waals surface area contributed by atoms with Crippen LogP contribution >= 0.6 is 0 Å². The highest BCUT2D eigenvalue weighted by molar-refractivity contribution is 5.89. The number of ether oxygens (including phenoxy) is 1. The summed E-state index contributed by atoms with van der Waals surface area (Å²) in [4.78, 5) is 38.0. The Balaban J connectivity index is 2.15. The van der Waals surface area contributed by atoms with E-state index in [4.69, 9.17) is 4.74 Å². The van der Waals surface area contributed by atoms with Crippen molar-refractivity contribution in [2.45, 2.75) is 89.4 Å². The van der Waals surface area contributed by atoms with E-state index in [1.807, 2.05) is 0 Å². The monoisotopic (exact) mass is 340 g/mol. The van der Waals surface area contributed by atoms with Crippen LogP contribution in [0.25, 0.3) is 0 Å². The number of fused-ring (bicyclic) bond motifs is 1. The summed E-state index contributed by atoms with van der Waals surface area (Å²) < 4.78 is 5.23. The van der Waals surface area contributed by atoms with Crippen molar-refractivity contribution in [1.29, 1.82) is 0 Å². The van der Waals surface area contributed by atoms with Gasteiger partial charge in [-0.15, -0.1) is 0 Å². The lowest BCUT2D eigenvalue weighted by Crippen LogP contribution is -2.60. The van der Waals surface area contributed by atoms with Crippen LogP contribution in [-0.2, 0) is 14.3 Å². The minimum atomic E-state index is -0.968. The number of nitrogens with zero attached hydrogens (tertiary/aromatic N) is 1. The lowest BCUT2D eigenvalue weighted by molar-refractivity contribution is -0.156. The number of aliphatic carboxylic acids is 1. The van der Waals surface area contributed by atoms with Crippen LogP contribution in [0.15, 0.2) is 0 Å². The third kappa shape index (κ3) is 4.61. The van der Waals surface area contributed by atoms with E-state index >= 15 is 0 Å². The largest absolute Gasteiger partial charge is 0.480 e. The molecule has 0 saturated carbocycles. The third-order valence-corrected chi connectivity index (χ3v) is 4.55. The van der Waals surface area contributed by atoms with Crippen LogP contribution in [0.4, 0.5) is 4.79 Å². The fourth-order valence-corrected chi connectivity index (χ4v) is 3.55. The van der Waals surface area contributed by atoms with Crippen molar-refractivity contribution in [2.24, 2.45) is 0 Å². The number of carbonyl (C=O) groups excluding carboxylic acids is 2. The van der Waals surface area contributed by atoms with E-state index in [-0.39, 0.29) is 11.9 Å². The molecule has 0 aliphatic carbocycles. The van der Waals surface area contributed by atoms with E-state index in [0.29, 0.717) is 12.8 Å². The Kier molecular flexibility index (Phi) is 5.72. The van der Waals surface area contributed by atoms with E-state index in [9.17, 15) is 19.5 Å². The van der Waals surface area contributed by atoms with Gasteiger partial charge in [0.2, 0.25) is 5.91 Å². The number of carboxylic acid groups (broad SMARTS) is 1. The number of alkyl carbamates (subject to hydrolysis) is 1. The van der Waals surface area contributed by atoms with Crippen LogP contribution in [-0.4, -0.2) is 51.7 Å². The Morgan fingerprint density at radius 2 is 1.75 bits per heavy atom. The number of carboxylic acids is 1. The van der Waals surface area contributed by atoms with Gasteiger partial charge in [-0.25, -0.2) is 9.59 Å². The average Bonchev–Trinajstić information content (AvgIpc) is 2.45. The summed E-state index contributed by atoms with van der Waals surface area (Å²) in [5.41, 5.74) is -0.647. The van der Waals surface area contributed by atoms with Gasteiger partial charge in [-0.1, -0.05) is 12.8 Å². The molecule has 0 bridgehead atoms. The fraction of sp³-hybridized carbons (Fsp3) is 0.824. The summed E-state index contributed by atoms with van der Waals surface area (Å²) in [7, 11) is 0. The number of rotatable bonds is 2. The summed E-state index contributed by atoms with van der Waals surface area (Å²) in [6.07, 6.45) is 4.56. The highest BCUT2D eigenvalue weighted by Gasteiger charge is 2.42. The number of carbonyl (C=O) groups is 3. The van der Waals surface area contributed by atoms with Gasteiger partial charge in [0.15, 0.2) is 0 Å². The molecule has 2 amide bonds. The van der Waals surface area contributed by atoms with Crippen molar-refractivity contribution in [3.05, 3.63) is 0 Å². The van der Waals surface area contributed by atoms with Crippen molar-refractivity contribution in [3.63, 3.8) is 0 Å². The molecule has 0 aromatic heterocycles. The summed E-state index contributed by atoms with van der Waals surface area (Å²) in [5, 5.41) is 12.1. The maximum atomic E-state index is 12.9. The number of hydrogen-bond donors (Lipinski definition) is 2. The molecule has 0 unspecified atom stereocenters. The topological polar surface area (TPSA) is 95.9 Å². The molecule has 2 aliphatic heterocycles. The lowest BCUT2D eigenvalue weighted by atomic mass is 9.88. The molecule has 2 rings (SSSR count). The summed E-state index contributed by atoms with van der Waals surface area (Å²) in [5.74, 6) is -1.26. The number of hydrogen-bond acceptors (Lipinski definition) is 4. The van der Waals surface area contributed by atoms with Crippen molar-refractivity contribution < 1.29 is 24.2 Å². The zero-order valence-electron chi connectivity index (χ0n) is 14.7. The molecule has 24 heavy (non-hydrogen) atoms. The number of piperidine rings is 1. The van der Waals surface area contributed by atoms with E-state index in [2.05, 4.69) is 5.32 Å². The molecule has 136 valence electrons. The van der Waals surface area contributed by atoms with Gasteiger partial charge in [-0.05, 0) is 52.9 Å². The summed E-state index contributed by atoms with van der Waals surface area (Å²) in [6.45, 7) is 5.27. The van der Waals surface area contributed by atoms with Gasteiger partial charge in [-0.2, -0.15) is 0 Å². The van der Waals surface area contributed by atoms with Crippen LogP contribution in [0, 0.1) is 0 Å². The Labute approximate surface area is 142 Å². The molecule has 0 aromatic rings. The third-order valence-electron chi connectivity index (χ3n) is 4.55. The van der Waals surface area contributed by atoms with Crippen LogP contribution in [0.3, 0.4) is 0 Å². The Morgan fingerprint density at radius 1 is 1.12 bits per heavy atom. The van der Waals surface area contributed by atoms with Gasteiger partial charge in [0.05, 0.1) is 0 Å². The van der Waals surface area contributed by atoms with E-state index in [1.165, 1.54) is 4.90 Å². The molecule has 0 aromatic carbocycles. The van der Waals surface area contributed by atoms with Gasteiger partial charge in [0.1, 0.15) is 17.7 Å². The van der Waals surface area contributed by atoms with Gasteiger partial charge >= 0.3 is 12.1 Å². The minimum absolute atomic E-state index is 0.0458. The van der Waals surface area contributed by atoms with Crippen molar-refractivity contribution >= 4 is 18.0 Å². The zero-order valence-corrected chi connectivity index (χ0v) is 14.7. The average molecular weight is 340 g/mol. The highest BCUT2D eigenvalue weighted by Crippen LogP contribution is 2.30. The van der Waals surface area contributed by atoms with E-state index in [0.717, 1.165) is 32.1 Å². The van der Waals surface area contributed by atoms with Gasteiger partial charge in [-0.3, -0.25) is 4.79 Å². The SMILES string of the molecule is CC(C)(C)OC(=O)N[C@H]1CCCC[C@H]2CCC[C@@H](C(=O)O)N2C1=O. The number of nitrogens with one attached hydrogen (secondary N) is 1. The molecule has 2 saturated heterocycles. The van der Waals surface area contributed by atoms with Gasteiger partial charge in [0.25, 0.3) is 0 Å². The molecular weight excluding hydrogens is 312 g/mol. The first-order valence-corrected chi connectivity index (χ1v) is 8.73. The quantitative estimate of drug-likeness (QED) is 0.804. The van der Waals surface area contributed by atoms with Crippen molar-refractivity contribution in [2.75, 3.05) is 0 Å². The van der Waals surface area contributed by atoms with Crippen LogP contribution in [0.2, 0.25) is 0 Å². The normalized spacial score (nSPS) is 28.4. The first kappa shape index (κ1) is 18.5. The Bertz CT molecular complexity index is 500.